The normalized spacial score (nSPS) is 18.0. The number of para-hydroxylation sites is 1. The van der Waals surface area contributed by atoms with E-state index in [2.05, 4.69) is 21.6 Å². The maximum atomic E-state index is 14.2. The van der Waals surface area contributed by atoms with Gasteiger partial charge >= 0.3 is 12.0 Å². The fourth-order valence-corrected chi connectivity index (χ4v) is 6.56. The van der Waals surface area contributed by atoms with Gasteiger partial charge in [-0.15, -0.1) is 6.58 Å². The lowest BCUT2D eigenvalue weighted by atomic mass is 9.99. The van der Waals surface area contributed by atoms with E-state index >= 15 is 0 Å². The lowest BCUT2D eigenvalue weighted by Crippen LogP contribution is -2.66. The van der Waals surface area contributed by atoms with E-state index in [-0.39, 0.29) is 57.1 Å². The van der Waals surface area contributed by atoms with Crippen molar-refractivity contribution in [1.82, 2.24) is 30.1 Å². The van der Waals surface area contributed by atoms with E-state index in [1.54, 1.807) is 45.2 Å². The Morgan fingerprint density at radius 1 is 1.22 bits per heavy atom. The molecule has 2 aliphatic rings. The lowest BCUT2D eigenvalue weighted by Gasteiger charge is -2.46. The zero-order valence-corrected chi connectivity index (χ0v) is 26.8. The summed E-state index contributed by atoms with van der Waals surface area (Å²) in [6.07, 6.45) is 3.02. The predicted octanol–water partition coefficient (Wildman–Crippen LogP) is 2.77. The molecule has 3 heterocycles. The third kappa shape index (κ3) is 7.07. The molecule has 46 heavy (non-hydrogen) atoms. The zero-order chi connectivity index (χ0) is 32.8. The number of esters is 1. The monoisotopic (exact) mass is 649 g/mol. The summed E-state index contributed by atoms with van der Waals surface area (Å²) in [5.74, 6) is -0.483. The van der Waals surface area contributed by atoms with Crippen LogP contribution in [0.25, 0.3) is 10.2 Å². The molecule has 2 saturated heterocycles. The van der Waals surface area contributed by atoms with Crippen LogP contribution in [0.2, 0.25) is 0 Å². The second-order valence-electron chi connectivity index (χ2n) is 11.1. The Bertz CT molecular complexity index is 1600. The Labute approximate surface area is 271 Å². The molecular weight excluding hydrogens is 610 g/mol. The van der Waals surface area contributed by atoms with Crippen molar-refractivity contribution in [1.29, 1.82) is 0 Å². The maximum Gasteiger partial charge on any atom is 0.343 e. The number of thiazole rings is 1. The lowest BCUT2D eigenvalue weighted by molar-refractivity contribution is -0.157. The molecule has 0 aliphatic carbocycles. The summed E-state index contributed by atoms with van der Waals surface area (Å²) < 4.78 is 11.0. The number of benzene rings is 2. The third-order valence-electron chi connectivity index (χ3n) is 8.04. The van der Waals surface area contributed by atoms with Crippen molar-refractivity contribution in [2.45, 2.75) is 44.9 Å². The summed E-state index contributed by atoms with van der Waals surface area (Å²) in [5, 5.41) is 6.63. The van der Waals surface area contributed by atoms with Crippen LogP contribution in [0.4, 0.5) is 9.93 Å². The molecule has 0 spiro atoms. The van der Waals surface area contributed by atoms with Crippen LogP contribution in [0.1, 0.15) is 30.9 Å². The van der Waals surface area contributed by atoms with Crippen LogP contribution in [0.5, 0.6) is 5.75 Å². The summed E-state index contributed by atoms with van der Waals surface area (Å²) in [4.78, 5) is 60.6. The van der Waals surface area contributed by atoms with E-state index < -0.39 is 18.2 Å². The van der Waals surface area contributed by atoms with Crippen molar-refractivity contribution in [3.63, 3.8) is 0 Å². The number of ether oxygens (including phenoxy) is 2. The second kappa shape index (κ2) is 14.6. The van der Waals surface area contributed by atoms with Crippen LogP contribution in [-0.2, 0) is 32.1 Å². The van der Waals surface area contributed by atoms with E-state index in [9.17, 15) is 19.2 Å². The molecule has 3 N–H and O–H groups in total. The van der Waals surface area contributed by atoms with E-state index in [1.807, 2.05) is 25.1 Å². The van der Waals surface area contributed by atoms with Gasteiger partial charge in [0.15, 0.2) is 11.7 Å². The number of unbranched alkanes of at least 4 members (excludes halogenated alkanes) is 1. The molecule has 0 unspecified atom stereocenters. The molecule has 4 amide bonds. The van der Waals surface area contributed by atoms with Gasteiger partial charge in [-0.05, 0) is 35.7 Å². The molecule has 14 heteroatoms. The number of carbonyl (C=O) groups is 4. The number of urea groups is 1. The number of anilines is 1. The topological polar surface area (TPSA) is 151 Å². The summed E-state index contributed by atoms with van der Waals surface area (Å²) in [6, 6.07) is 11.6. The van der Waals surface area contributed by atoms with Gasteiger partial charge in [0.1, 0.15) is 18.0 Å². The van der Waals surface area contributed by atoms with Gasteiger partial charge in [-0.3, -0.25) is 14.6 Å². The molecule has 2 aromatic carbocycles. The Morgan fingerprint density at radius 3 is 2.72 bits per heavy atom. The Kier molecular flexibility index (Phi) is 10.4. The highest BCUT2D eigenvalue weighted by molar-refractivity contribution is 7.22. The quantitative estimate of drug-likeness (QED) is 0.162. The number of aromatic nitrogens is 1. The molecule has 244 valence electrons. The summed E-state index contributed by atoms with van der Waals surface area (Å²) in [7, 11) is 1.29. The minimum Gasteiger partial charge on any atom is -0.482 e. The molecule has 0 bridgehead atoms. The van der Waals surface area contributed by atoms with Gasteiger partial charge in [0.05, 0.1) is 37.0 Å². The summed E-state index contributed by atoms with van der Waals surface area (Å²) >= 11 is 1.38. The largest absolute Gasteiger partial charge is 0.482 e. The second-order valence-corrected chi connectivity index (χ2v) is 12.2. The molecular formula is C32H39N7O6S. The van der Waals surface area contributed by atoms with Crippen LogP contribution in [-0.4, -0.2) is 101 Å². The highest BCUT2D eigenvalue weighted by atomic mass is 32.1. The van der Waals surface area contributed by atoms with Gasteiger partial charge in [-0.2, -0.15) is 5.01 Å². The number of nitrogens with two attached hydrogens (primary N) is 1. The average Bonchev–Trinajstić information content (AvgIpc) is 3.60. The van der Waals surface area contributed by atoms with Crippen molar-refractivity contribution < 1.29 is 28.7 Å². The fourth-order valence-electron chi connectivity index (χ4n) is 5.78. The predicted molar refractivity (Wildman–Crippen MR) is 173 cm³/mol. The molecule has 1 aromatic heterocycles. The highest BCUT2D eigenvalue weighted by Gasteiger charge is 2.52. The van der Waals surface area contributed by atoms with Crippen LogP contribution in [0, 0.1) is 0 Å². The zero-order valence-electron chi connectivity index (χ0n) is 26.0. The van der Waals surface area contributed by atoms with Crippen LogP contribution in [0.15, 0.2) is 55.1 Å². The SMILES string of the molecule is C=CCN(C(=O)NCCCC)N1CC(=O)N2[C@@H](Cc3ccc(OCC(=O)OC)cc3)C(=O)N(Cc3cccc4sc(N)nc34)C[C@@H]21. The van der Waals surface area contributed by atoms with Gasteiger partial charge in [-0.1, -0.05) is 55.0 Å². The van der Waals surface area contributed by atoms with Crippen molar-refractivity contribution >= 4 is 50.5 Å². The number of nitrogen functional groups attached to an aromatic ring is 1. The van der Waals surface area contributed by atoms with E-state index in [0.717, 1.165) is 34.2 Å². The third-order valence-corrected chi connectivity index (χ3v) is 8.89. The van der Waals surface area contributed by atoms with Crippen molar-refractivity contribution in [3.05, 3.63) is 66.2 Å². The average molecular weight is 650 g/mol. The molecule has 2 aliphatic heterocycles. The highest BCUT2D eigenvalue weighted by Crippen LogP contribution is 2.32. The molecule has 5 rings (SSSR count). The number of nitrogens with one attached hydrogen (secondary N) is 1. The summed E-state index contributed by atoms with van der Waals surface area (Å²) in [6.45, 7) is 6.73. The minimum absolute atomic E-state index is 0.0597. The first-order valence-electron chi connectivity index (χ1n) is 15.2. The van der Waals surface area contributed by atoms with Crippen LogP contribution >= 0.6 is 11.3 Å². The first-order valence-corrected chi connectivity index (χ1v) is 16.0. The smallest absolute Gasteiger partial charge is 0.343 e. The Morgan fingerprint density at radius 2 is 2.00 bits per heavy atom. The summed E-state index contributed by atoms with van der Waals surface area (Å²) in [5.41, 5.74) is 8.39. The molecule has 0 saturated carbocycles. The van der Waals surface area contributed by atoms with Crippen molar-refractivity contribution in [2.24, 2.45) is 0 Å². The first-order chi connectivity index (χ1) is 22.2. The van der Waals surface area contributed by atoms with Crippen LogP contribution in [0.3, 0.4) is 0 Å². The van der Waals surface area contributed by atoms with Gasteiger partial charge in [0, 0.05) is 19.5 Å². The number of hydrogen-bond acceptors (Lipinski definition) is 10. The number of hydrazine groups is 1. The maximum absolute atomic E-state index is 14.2. The molecule has 3 aromatic rings. The number of carbonyl (C=O) groups excluding carboxylic acids is 4. The van der Waals surface area contributed by atoms with Crippen molar-refractivity contribution in [3.8, 4) is 5.75 Å². The van der Waals surface area contributed by atoms with Gasteiger partial charge in [0.2, 0.25) is 11.8 Å². The number of amides is 4. The van der Waals surface area contributed by atoms with Gasteiger partial charge in [0.25, 0.3) is 0 Å². The number of hydrogen-bond donors (Lipinski definition) is 2. The van der Waals surface area contributed by atoms with E-state index in [0.29, 0.717) is 17.4 Å². The molecule has 13 nitrogen and oxygen atoms in total. The number of piperazine rings is 1. The number of nitrogens with zero attached hydrogens (tertiary/aromatic N) is 5. The van der Waals surface area contributed by atoms with Gasteiger partial charge < -0.3 is 30.3 Å². The minimum atomic E-state index is -0.827. The van der Waals surface area contributed by atoms with E-state index in [1.165, 1.54) is 23.5 Å². The Hall–Kier alpha value is -4.69. The van der Waals surface area contributed by atoms with E-state index in [4.69, 9.17) is 10.5 Å². The fraction of sp³-hybridized carbons (Fsp3) is 0.406. The number of fused-ring (bicyclic) bond motifs is 2. The molecule has 2 fully saturated rings. The Balaban J connectivity index is 1.45. The van der Waals surface area contributed by atoms with Gasteiger partial charge in [-0.25, -0.2) is 14.6 Å². The molecule has 2 atom stereocenters. The number of methoxy groups -OCH3 is 1. The standard InChI is InChI=1S/C32H39N7O6S/c1-4-6-14-34-32(43)37(15-5-2)38-19-27(40)39-24(16-21-10-12-23(13-11-21)45-20-28(41)44-3)30(42)36(18-26(38)39)17-22-8-7-9-25-29(22)35-31(33)46-25/h5,7-13,24,26H,2,4,6,14-20H2,1,3H3,(H2,33,35)(H,34,43)/t24-,26+/m0/s1. The number of rotatable bonds is 13. The van der Waals surface area contributed by atoms with Crippen molar-refractivity contribution in [2.75, 3.05) is 45.6 Å². The van der Waals surface area contributed by atoms with Crippen LogP contribution < -0.4 is 15.8 Å². The first kappa shape index (κ1) is 32.7. The molecule has 0 radical (unpaired) electrons.